The van der Waals surface area contributed by atoms with Crippen molar-refractivity contribution in [1.82, 2.24) is 0 Å². The maximum atomic E-state index is 13.6. The zero-order valence-corrected chi connectivity index (χ0v) is 11.0. The fourth-order valence-electron chi connectivity index (χ4n) is 2.42. The van der Waals surface area contributed by atoms with Crippen molar-refractivity contribution in [1.29, 1.82) is 0 Å². The van der Waals surface area contributed by atoms with Crippen LogP contribution in [0.4, 0.5) is 8.78 Å². The molecule has 0 saturated heterocycles. The molecule has 0 fully saturated rings. The minimum atomic E-state index is -0.836. The highest BCUT2D eigenvalue weighted by Crippen LogP contribution is 2.26. The van der Waals surface area contributed by atoms with Crippen LogP contribution in [0.25, 0.3) is 0 Å². The smallest absolute Gasteiger partial charge is 0.126 e. The second kappa shape index (κ2) is 5.49. The first-order valence-corrected chi connectivity index (χ1v) is 6.17. The lowest BCUT2D eigenvalue weighted by atomic mass is 9.93. The molecule has 0 saturated carbocycles. The molecule has 0 amide bonds. The van der Waals surface area contributed by atoms with E-state index in [4.69, 9.17) is 0 Å². The first-order valence-electron chi connectivity index (χ1n) is 6.17. The fraction of sp³-hybridized carbons (Fsp3) is 0.250. The fourth-order valence-corrected chi connectivity index (χ4v) is 2.42. The van der Waals surface area contributed by atoms with Crippen LogP contribution in [-0.4, -0.2) is 5.11 Å². The van der Waals surface area contributed by atoms with Crippen molar-refractivity contribution in [2.75, 3.05) is 0 Å². The summed E-state index contributed by atoms with van der Waals surface area (Å²) in [6.45, 7) is 3.49. The van der Waals surface area contributed by atoms with Gasteiger partial charge in [0, 0.05) is 6.42 Å². The van der Waals surface area contributed by atoms with Crippen molar-refractivity contribution in [2.24, 2.45) is 0 Å². The second-order valence-corrected chi connectivity index (χ2v) is 4.76. The predicted octanol–water partition coefficient (Wildman–Crippen LogP) is 3.86. The van der Waals surface area contributed by atoms with E-state index >= 15 is 0 Å². The van der Waals surface area contributed by atoms with Gasteiger partial charge < -0.3 is 5.11 Å². The quantitative estimate of drug-likeness (QED) is 0.890. The van der Waals surface area contributed by atoms with Gasteiger partial charge in [0.2, 0.25) is 0 Å². The van der Waals surface area contributed by atoms with Crippen LogP contribution in [-0.2, 0) is 6.42 Å². The number of aliphatic hydroxyl groups excluding tert-OH is 1. The molecule has 2 aromatic rings. The van der Waals surface area contributed by atoms with Gasteiger partial charge in [-0.25, -0.2) is 8.78 Å². The Morgan fingerprint density at radius 3 is 2.21 bits per heavy atom. The molecule has 3 heteroatoms. The molecule has 1 N–H and O–H groups in total. The Morgan fingerprint density at radius 1 is 1.05 bits per heavy atom. The SMILES string of the molecule is Cc1cc(F)cc(C)c1C(O)Cc1ccccc1F. The largest absolute Gasteiger partial charge is 0.388 e. The number of hydrogen-bond donors (Lipinski definition) is 1. The lowest BCUT2D eigenvalue weighted by Gasteiger charge is -2.17. The van der Waals surface area contributed by atoms with Gasteiger partial charge >= 0.3 is 0 Å². The molecule has 100 valence electrons. The van der Waals surface area contributed by atoms with E-state index in [1.807, 2.05) is 0 Å². The third-order valence-corrected chi connectivity index (χ3v) is 3.26. The van der Waals surface area contributed by atoms with E-state index in [1.165, 1.54) is 18.2 Å². The molecular weight excluding hydrogens is 246 g/mol. The molecule has 1 nitrogen and oxygen atoms in total. The number of aliphatic hydroxyl groups is 1. The van der Waals surface area contributed by atoms with Crippen molar-refractivity contribution in [3.05, 3.63) is 70.3 Å². The maximum absolute atomic E-state index is 13.6. The first kappa shape index (κ1) is 13.7. The lowest BCUT2D eigenvalue weighted by Crippen LogP contribution is -2.08. The number of aryl methyl sites for hydroxylation is 2. The zero-order chi connectivity index (χ0) is 14.0. The summed E-state index contributed by atoms with van der Waals surface area (Å²) in [6.07, 6.45) is -0.655. The molecule has 0 radical (unpaired) electrons. The zero-order valence-electron chi connectivity index (χ0n) is 11.0. The Morgan fingerprint density at radius 2 is 1.63 bits per heavy atom. The summed E-state index contributed by atoms with van der Waals surface area (Å²) in [5, 5.41) is 10.3. The van der Waals surface area contributed by atoms with Crippen LogP contribution < -0.4 is 0 Å². The third kappa shape index (κ3) is 2.99. The minimum Gasteiger partial charge on any atom is -0.388 e. The van der Waals surface area contributed by atoms with Crippen LogP contribution in [0.15, 0.2) is 36.4 Å². The van der Waals surface area contributed by atoms with Gasteiger partial charge in [0.05, 0.1) is 6.10 Å². The van der Waals surface area contributed by atoms with Crippen LogP contribution in [0, 0.1) is 25.5 Å². The van der Waals surface area contributed by atoms with E-state index in [2.05, 4.69) is 0 Å². The van der Waals surface area contributed by atoms with E-state index < -0.39 is 6.10 Å². The topological polar surface area (TPSA) is 20.2 Å². The molecule has 2 aromatic carbocycles. The van der Waals surface area contributed by atoms with Crippen molar-refractivity contribution >= 4 is 0 Å². The van der Waals surface area contributed by atoms with Gasteiger partial charge in [0.1, 0.15) is 11.6 Å². The van der Waals surface area contributed by atoms with Crippen LogP contribution >= 0.6 is 0 Å². The Balaban J connectivity index is 2.31. The van der Waals surface area contributed by atoms with Crippen molar-refractivity contribution in [3.8, 4) is 0 Å². The molecule has 0 spiro atoms. The molecule has 0 aliphatic heterocycles. The van der Waals surface area contributed by atoms with Gasteiger partial charge in [0.15, 0.2) is 0 Å². The Kier molecular flexibility index (Phi) is 3.96. The molecule has 19 heavy (non-hydrogen) atoms. The van der Waals surface area contributed by atoms with E-state index in [-0.39, 0.29) is 18.1 Å². The molecule has 0 aliphatic carbocycles. The monoisotopic (exact) mass is 262 g/mol. The number of benzene rings is 2. The Hall–Kier alpha value is -1.74. The molecule has 1 atom stereocenters. The molecule has 2 rings (SSSR count). The third-order valence-electron chi connectivity index (χ3n) is 3.26. The Labute approximate surface area is 111 Å². The van der Waals surface area contributed by atoms with Gasteiger partial charge in [-0.1, -0.05) is 18.2 Å². The van der Waals surface area contributed by atoms with Gasteiger partial charge in [0.25, 0.3) is 0 Å². The summed E-state index contributed by atoms with van der Waals surface area (Å²) in [5.41, 5.74) is 2.49. The van der Waals surface area contributed by atoms with Crippen LogP contribution in [0.1, 0.15) is 28.4 Å². The van der Waals surface area contributed by atoms with Crippen molar-refractivity contribution in [3.63, 3.8) is 0 Å². The van der Waals surface area contributed by atoms with Gasteiger partial charge in [-0.15, -0.1) is 0 Å². The lowest BCUT2D eigenvalue weighted by molar-refractivity contribution is 0.175. The standard InChI is InChI=1S/C16H16F2O/c1-10-7-13(17)8-11(2)16(10)15(19)9-12-5-3-4-6-14(12)18/h3-8,15,19H,9H2,1-2H3. The summed E-state index contributed by atoms with van der Waals surface area (Å²) < 4.78 is 26.8. The van der Waals surface area contributed by atoms with Crippen molar-refractivity contribution < 1.29 is 13.9 Å². The summed E-state index contributed by atoms with van der Waals surface area (Å²) in [6, 6.07) is 9.12. The molecule has 0 aliphatic rings. The maximum Gasteiger partial charge on any atom is 0.126 e. The second-order valence-electron chi connectivity index (χ2n) is 4.76. The van der Waals surface area contributed by atoms with Crippen LogP contribution in [0.5, 0.6) is 0 Å². The van der Waals surface area contributed by atoms with E-state index in [1.54, 1.807) is 32.0 Å². The molecule has 1 unspecified atom stereocenters. The number of halogens is 2. The molecular formula is C16H16F2O. The summed E-state index contributed by atoms with van der Waals surface area (Å²) in [7, 11) is 0. The highest BCUT2D eigenvalue weighted by molar-refractivity contribution is 5.37. The number of rotatable bonds is 3. The highest BCUT2D eigenvalue weighted by atomic mass is 19.1. The normalized spacial score (nSPS) is 12.5. The molecule has 0 heterocycles. The van der Waals surface area contributed by atoms with Gasteiger partial charge in [-0.05, 0) is 54.3 Å². The number of hydrogen-bond acceptors (Lipinski definition) is 1. The average molecular weight is 262 g/mol. The van der Waals surface area contributed by atoms with E-state index in [0.717, 1.165) is 0 Å². The highest BCUT2D eigenvalue weighted by Gasteiger charge is 2.16. The first-order chi connectivity index (χ1) is 8.99. The Bertz CT molecular complexity index is 570. The summed E-state index contributed by atoms with van der Waals surface area (Å²) >= 11 is 0. The summed E-state index contributed by atoms with van der Waals surface area (Å²) in [4.78, 5) is 0. The van der Waals surface area contributed by atoms with E-state index in [9.17, 15) is 13.9 Å². The average Bonchev–Trinajstić information content (AvgIpc) is 2.30. The minimum absolute atomic E-state index is 0.181. The van der Waals surface area contributed by atoms with E-state index in [0.29, 0.717) is 22.3 Å². The molecule has 0 aromatic heterocycles. The summed E-state index contributed by atoms with van der Waals surface area (Å²) in [5.74, 6) is -0.657. The predicted molar refractivity (Wildman–Crippen MR) is 70.9 cm³/mol. The van der Waals surface area contributed by atoms with Crippen molar-refractivity contribution in [2.45, 2.75) is 26.4 Å². The van der Waals surface area contributed by atoms with Crippen LogP contribution in [0.2, 0.25) is 0 Å². The van der Waals surface area contributed by atoms with Crippen LogP contribution in [0.3, 0.4) is 0 Å². The van der Waals surface area contributed by atoms with Gasteiger partial charge in [-0.3, -0.25) is 0 Å². The molecule has 0 bridgehead atoms. The van der Waals surface area contributed by atoms with Gasteiger partial charge in [-0.2, -0.15) is 0 Å².